The zero-order valence-corrected chi connectivity index (χ0v) is 9.31. The maximum absolute atomic E-state index is 11.3. The highest BCUT2D eigenvalue weighted by atomic mass is 16.3. The lowest BCUT2D eigenvalue weighted by molar-refractivity contribution is -0.121. The Labute approximate surface area is 90.1 Å². The van der Waals surface area contributed by atoms with Crippen LogP contribution >= 0.6 is 0 Å². The monoisotopic (exact) mass is 216 g/mol. The van der Waals surface area contributed by atoms with E-state index in [1.165, 1.54) is 0 Å². The van der Waals surface area contributed by atoms with Crippen LogP contribution in [0, 0.1) is 0 Å². The Morgan fingerprint density at radius 2 is 1.93 bits per heavy atom. The molecule has 0 radical (unpaired) electrons. The number of nitrogens with one attached hydrogen (secondary N) is 1. The molecule has 88 valence electrons. The van der Waals surface area contributed by atoms with E-state index < -0.39 is 12.2 Å². The van der Waals surface area contributed by atoms with Gasteiger partial charge in [-0.05, 0) is 13.8 Å². The summed E-state index contributed by atoms with van der Waals surface area (Å²) in [6, 6.07) is 0.159. The van der Waals surface area contributed by atoms with Crippen molar-refractivity contribution in [3.8, 4) is 0 Å². The molecule has 0 aromatic heterocycles. The third kappa shape index (κ3) is 4.15. The maximum Gasteiger partial charge on any atom is 0.221 e. The second-order valence-electron chi connectivity index (χ2n) is 4.37. The highest BCUT2D eigenvalue weighted by molar-refractivity contribution is 5.76. The van der Waals surface area contributed by atoms with Gasteiger partial charge in [0.25, 0.3) is 0 Å². The van der Waals surface area contributed by atoms with Crippen LogP contribution in [0.1, 0.15) is 20.3 Å². The van der Waals surface area contributed by atoms with Crippen molar-refractivity contribution in [2.75, 3.05) is 19.6 Å². The summed E-state index contributed by atoms with van der Waals surface area (Å²) in [6.07, 6.45) is -0.922. The number of β-amino-alcohol motifs (C(OH)–C–C–N with tert-alkyl or cyclic N) is 2. The van der Waals surface area contributed by atoms with Gasteiger partial charge in [-0.15, -0.1) is 0 Å². The first-order valence-corrected chi connectivity index (χ1v) is 5.37. The lowest BCUT2D eigenvalue weighted by Crippen LogP contribution is -2.33. The summed E-state index contributed by atoms with van der Waals surface area (Å²) in [4.78, 5) is 13.2. The molecule has 0 spiro atoms. The van der Waals surface area contributed by atoms with Crippen LogP contribution in [0.5, 0.6) is 0 Å². The van der Waals surface area contributed by atoms with E-state index in [-0.39, 0.29) is 11.9 Å². The molecular weight excluding hydrogens is 196 g/mol. The zero-order chi connectivity index (χ0) is 11.4. The lowest BCUT2D eigenvalue weighted by atomic mass is 10.3. The molecule has 1 rings (SSSR count). The van der Waals surface area contributed by atoms with E-state index in [1.807, 2.05) is 18.7 Å². The molecule has 15 heavy (non-hydrogen) atoms. The third-order valence-corrected chi connectivity index (χ3v) is 2.44. The van der Waals surface area contributed by atoms with E-state index in [4.69, 9.17) is 0 Å². The van der Waals surface area contributed by atoms with Crippen molar-refractivity contribution in [3.63, 3.8) is 0 Å². The van der Waals surface area contributed by atoms with Gasteiger partial charge in [-0.2, -0.15) is 0 Å². The summed E-state index contributed by atoms with van der Waals surface area (Å²) >= 11 is 0. The Balaban J connectivity index is 2.18. The van der Waals surface area contributed by atoms with Gasteiger partial charge in [0.05, 0.1) is 12.2 Å². The molecule has 0 aliphatic carbocycles. The SMILES string of the molecule is CC(C)NC(=O)CCN1C[C@@H](O)[C@@H](O)C1. The van der Waals surface area contributed by atoms with E-state index in [0.29, 0.717) is 26.1 Å². The van der Waals surface area contributed by atoms with Crippen molar-refractivity contribution < 1.29 is 15.0 Å². The van der Waals surface area contributed by atoms with Gasteiger partial charge in [0, 0.05) is 32.1 Å². The quantitative estimate of drug-likeness (QED) is 0.560. The number of likely N-dealkylation sites (tertiary alicyclic amines) is 1. The molecule has 5 nitrogen and oxygen atoms in total. The number of aliphatic hydroxyl groups is 2. The summed E-state index contributed by atoms with van der Waals surface area (Å²) in [6.45, 7) is 5.33. The van der Waals surface area contributed by atoms with Gasteiger partial charge < -0.3 is 15.5 Å². The average molecular weight is 216 g/mol. The van der Waals surface area contributed by atoms with Crippen molar-refractivity contribution >= 4 is 5.91 Å². The smallest absolute Gasteiger partial charge is 0.221 e. The van der Waals surface area contributed by atoms with Gasteiger partial charge >= 0.3 is 0 Å². The van der Waals surface area contributed by atoms with Gasteiger partial charge in [-0.3, -0.25) is 9.69 Å². The minimum Gasteiger partial charge on any atom is -0.389 e. The van der Waals surface area contributed by atoms with E-state index >= 15 is 0 Å². The Bertz CT molecular complexity index is 211. The molecule has 0 aromatic rings. The first-order valence-electron chi connectivity index (χ1n) is 5.37. The number of rotatable bonds is 4. The number of carbonyl (C=O) groups is 1. The predicted octanol–water partition coefficient (Wildman–Crippen LogP) is -1.06. The molecule has 1 fully saturated rings. The fourth-order valence-electron chi connectivity index (χ4n) is 1.68. The number of nitrogens with zero attached hydrogens (tertiary/aromatic N) is 1. The molecular formula is C10H20N2O3. The molecule has 1 amide bonds. The Morgan fingerprint density at radius 1 is 1.40 bits per heavy atom. The molecule has 0 unspecified atom stereocenters. The number of hydrogen-bond donors (Lipinski definition) is 3. The largest absolute Gasteiger partial charge is 0.389 e. The fraction of sp³-hybridized carbons (Fsp3) is 0.900. The summed E-state index contributed by atoms with van der Waals surface area (Å²) in [7, 11) is 0. The van der Waals surface area contributed by atoms with Crippen LogP contribution in [0.2, 0.25) is 0 Å². The standard InChI is InChI=1S/C10H20N2O3/c1-7(2)11-10(15)3-4-12-5-8(13)9(14)6-12/h7-9,13-14H,3-6H2,1-2H3,(H,11,15)/t8-,9+. The Kier molecular flexibility index (Phi) is 4.50. The Morgan fingerprint density at radius 3 is 2.40 bits per heavy atom. The van der Waals surface area contributed by atoms with E-state index in [0.717, 1.165) is 0 Å². The second-order valence-corrected chi connectivity index (χ2v) is 4.37. The molecule has 5 heteroatoms. The first-order chi connectivity index (χ1) is 6.99. The highest BCUT2D eigenvalue weighted by Crippen LogP contribution is 2.09. The summed E-state index contributed by atoms with van der Waals surface area (Å²) in [5.74, 6) is 0.0147. The minimum absolute atomic E-state index is 0.0147. The van der Waals surface area contributed by atoms with Crippen LogP contribution in [0.3, 0.4) is 0 Å². The van der Waals surface area contributed by atoms with E-state index in [1.54, 1.807) is 0 Å². The van der Waals surface area contributed by atoms with Crippen LogP contribution in [-0.4, -0.2) is 58.9 Å². The fourth-order valence-corrected chi connectivity index (χ4v) is 1.68. The Hall–Kier alpha value is -0.650. The highest BCUT2D eigenvalue weighted by Gasteiger charge is 2.29. The second kappa shape index (κ2) is 5.44. The van der Waals surface area contributed by atoms with E-state index in [2.05, 4.69) is 5.32 Å². The molecule has 0 bridgehead atoms. The van der Waals surface area contributed by atoms with Crippen LogP contribution in [0.15, 0.2) is 0 Å². The van der Waals surface area contributed by atoms with Crippen LogP contribution in [0.4, 0.5) is 0 Å². The van der Waals surface area contributed by atoms with Crippen molar-refractivity contribution in [2.24, 2.45) is 0 Å². The van der Waals surface area contributed by atoms with Gasteiger partial charge in [-0.1, -0.05) is 0 Å². The average Bonchev–Trinajstić information content (AvgIpc) is 2.42. The van der Waals surface area contributed by atoms with Crippen LogP contribution in [0.25, 0.3) is 0 Å². The lowest BCUT2D eigenvalue weighted by Gasteiger charge is -2.15. The molecule has 1 aliphatic heterocycles. The van der Waals surface area contributed by atoms with Crippen LogP contribution < -0.4 is 5.32 Å². The van der Waals surface area contributed by atoms with E-state index in [9.17, 15) is 15.0 Å². The zero-order valence-electron chi connectivity index (χ0n) is 9.31. The summed E-state index contributed by atoms with van der Waals surface area (Å²) in [5, 5.41) is 21.4. The third-order valence-electron chi connectivity index (χ3n) is 2.44. The van der Waals surface area contributed by atoms with Crippen molar-refractivity contribution in [1.29, 1.82) is 0 Å². The number of carbonyl (C=O) groups excluding carboxylic acids is 1. The molecule has 1 heterocycles. The van der Waals surface area contributed by atoms with Crippen LogP contribution in [-0.2, 0) is 4.79 Å². The number of hydrogen-bond acceptors (Lipinski definition) is 4. The summed E-state index contributed by atoms with van der Waals surface area (Å²) < 4.78 is 0. The molecule has 1 saturated heterocycles. The van der Waals surface area contributed by atoms with Crippen molar-refractivity contribution in [1.82, 2.24) is 10.2 Å². The molecule has 2 atom stereocenters. The van der Waals surface area contributed by atoms with Crippen molar-refractivity contribution in [2.45, 2.75) is 38.5 Å². The first kappa shape index (κ1) is 12.4. The molecule has 0 saturated carbocycles. The predicted molar refractivity (Wildman–Crippen MR) is 56.3 cm³/mol. The summed E-state index contributed by atoms with van der Waals surface area (Å²) in [5.41, 5.74) is 0. The molecule has 3 N–H and O–H groups in total. The van der Waals surface area contributed by atoms with Gasteiger partial charge in [0.2, 0.25) is 5.91 Å². The minimum atomic E-state index is -0.668. The van der Waals surface area contributed by atoms with Crippen molar-refractivity contribution in [3.05, 3.63) is 0 Å². The number of aliphatic hydroxyl groups excluding tert-OH is 2. The maximum atomic E-state index is 11.3. The van der Waals surface area contributed by atoms with Gasteiger partial charge in [0.15, 0.2) is 0 Å². The normalized spacial score (nSPS) is 27.3. The molecule has 0 aromatic carbocycles. The topological polar surface area (TPSA) is 72.8 Å². The molecule has 1 aliphatic rings. The number of amides is 1. The van der Waals surface area contributed by atoms with Gasteiger partial charge in [0.1, 0.15) is 0 Å². The van der Waals surface area contributed by atoms with Gasteiger partial charge in [-0.25, -0.2) is 0 Å².